The van der Waals surface area contributed by atoms with Crippen molar-refractivity contribution in [2.45, 2.75) is 46.7 Å². The van der Waals surface area contributed by atoms with E-state index in [9.17, 15) is 0 Å². The highest BCUT2D eigenvalue weighted by Gasteiger charge is 2.21. The van der Waals surface area contributed by atoms with E-state index >= 15 is 0 Å². The van der Waals surface area contributed by atoms with E-state index in [1.165, 1.54) is 17.1 Å². The van der Waals surface area contributed by atoms with Crippen molar-refractivity contribution in [3.8, 4) is 0 Å². The summed E-state index contributed by atoms with van der Waals surface area (Å²) < 4.78 is 0. The van der Waals surface area contributed by atoms with Gasteiger partial charge in [-0.2, -0.15) is 0 Å². The van der Waals surface area contributed by atoms with E-state index in [2.05, 4.69) is 42.9 Å². The first-order valence-electron chi connectivity index (χ1n) is 6.52. The molecule has 1 aromatic heterocycles. The predicted molar refractivity (Wildman–Crippen MR) is 74.7 cm³/mol. The lowest BCUT2D eigenvalue weighted by atomic mass is 10.1. The van der Waals surface area contributed by atoms with Crippen LogP contribution in [0.4, 0.5) is 5.13 Å². The van der Waals surface area contributed by atoms with Gasteiger partial charge in [-0.1, -0.05) is 13.8 Å². The first kappa shape index (κ1) is 12.8. The Balaban J connectivity index is 2.02. The van der Waals surface area contributed by atoms with Crippen LogP contribution in [0.1, 0.15) is 38.3 Å². The molecule has 1 N–H and O–H groups in total. The quantitative estimate of drug-likeness (QED) is 0.894. The summed E-state index contributed by atoms with van der Waals surface area (Å²) in [6.45, 7) is 12.3. The van der Waals surface area contributed by atoms with E-state index in [4.69, 9.17) is 0 Å². The zero-order valence-electron chi connectivity index (χ0n) is 11.3. The summed E-state index contributed by atoms with van der Waals surface area (Å²) in [5, 5.41) is 4.50. The van der Waals surface area contributed by atoms with Crippen LogP contribution in [0.3, 0.4) is 0 Å². The largest absolute Gasteiger partial charge is 0.359 e. The third-order valence-electron chi connectivity index (χ3n) is 2.85. The Morgan fingerprint density at radius 1 is 1.35 bits per heavy atom. The molecule has 4 heteroatoms. The van der Waals surface area contributed by atoms with Crippen LogP contribution in [-0.4, -0.2) is 29.0 Å². The molecule has 0 bridgehead atoms. The van der Waals surface area contributed by atoms with Crippen LogP contribution in [0.25, 0.3) is 0 Å². The second-order valence-electron chi connectivity index (χ2n) is 5.57. The molecule has 0 aliphatic carbocycles. The van der Waals surface area contributed by atoms with Crippen molar-refractivity contribution in [3.63, 3.8) is 0 Å². The number of hydrogen-bond acceptors (Lipinski definition) is 4. The average molecular weight is 253 g/mol. The van der Waals surface area contributed by atoms with E-state index in [0.29, 0.717) is 6.04 Å². The van der Waals surface area contributed by atoms with Crippen molar-refractivity contribution < 1.29 is 0 Å². The van der Waals surface area contributed by atoms with Gasteiger partial charge >= 0.3 is 0 Å². The Morgan fingerprint density at radius 3 is 2.76 bits per heavy atom. The summed E-state index contributed by atoms with van der Waals surface area (Å²) >= 11 is 1.83. The van der Waals surface area contributed by atoms with Crippen LogP contribution in [0.2, 0.25) is 0 Å². The molecule has 0 atom stereocenters. The Morgan fingerprint density at radius 2 is 2.12 bits per heavy atom. The van der Waals surface area contributed by atoms with Crippen LogP contribution < -0.4 is 5.32 Å². The maximum Gasteiger partial charge on any atom is 0.183 e. The summed E-state index contributed by atoms with van der Waals surface area (Å²) in [5.41, 5.74) is 1.32. The van der Waals surface area contributed by atoms with Gasteiger partial charge in [-0.25, -0.2) is 4.98 Å². The lowest BCUT2D eigenvalue weighted by Crippen LogP contribution is -2.32. The monoisotopic (exact) mass is 253 g/mol. The molecule has 1 aliphatic rings. The Hall–Kier alpha value is -0.610. The molecular formula is C13H23N3S. The topological polar surface area (TPSA) is 28.2 Å². The van der Waals surface area contributed by atoms with E-state index in [1.54, 1.807) is 0 Å². The van der Waals surface area contributed by atoms with Gasteiger partial charge in [0.25, 0.3) is 0 Å². The maximum atomic E-state index is 4.69. The molecule has 2 rings (SSSR count). The summed E-state index contributed by atoms with van der Waals surface area (Å²) in [4.78, 5) is 8.69. The second-order valence-corrected chi connectivity index (χ2v) is 6.65. The Kier molecular flexibility index (Phi) is 4.05. The molecule has 0 spiro atoms. The van der Waals surface area contributed by atoms with Gasteiger partial charge in [0.2, 0.25) is 0 Å². The van der Waals surface area contributed by atoms with Crippen molar-refractivity contribution in [1.82, 2.24) is 9.88 Å². The van der Waals surface area contributed by atoms with Gasteiger partial charge in [0.15, 0.2) is 5.13 Å². The maximum absolute atomic E-state index is 4.69. The molecule has 3 nitrogen and oxygen atoms in total. The molecule has 0 unspecified atom stereocenters. The SMILES string of the molecule is CC(C)CN1CCc2nc(NC(C)C)sc2C1. The molecule has 1 aromatic rings. The van der Waals surface area contributed by atoms with Crippen molar-refractivity contribution in [3.05, 3.63) is 10.6 Å². The van der Waals surface area contributed by atoms with Gasteiger partial charge in [0.1, 0.15) is 0 Å². The van der Waals surface area contributed by atoms with Gasteiger partial charge in [-0.3, -0.25) is 4.90 Å². The second kappa shape index (κ2) is 5.36. The van der Waals surface area contributed by atoms with Crippen LogP contribution in [0.5, 0.6) is 0 Å². The fraction of sp³-hybridized carbons (Fsp3) is 0.769. The van der Waals surface area contributed by atoms with Crippen molar-refractivity contribution >= 4 is 16.5 Å². The van der Waals surface area contributed by atoms with Crippen molar-refractivity contribution in [2.75, 3.05) is 18.4 Å². The summed E-state index contributed by atoms with van der Waals surface area (Å²) in [7, 11) is 0. The molecule has 1 aliphatic heterocycles. The zero-order valence-corrected chi connectivity index (χ0v) is 12.1. The number of aromatic nitrogens is 1. The molecule has 0 aromatic carbocycles. The molecule has 96 valence electrons. The van der Waals surface area contributed by atoms with E-state index in [0.717, 1.165) is 30.6 Å². The molecule has 0 saturated carbocycles. The van der Waals surface area contributed by atoms with Gasteiger partial charge in [-0.05, 0) is 19.8 Å². The minimum absolute atomic E-state index is 0.467. The third kappa shape index (κ3) is 3.42. The number of thiazole rings is 1. The molecule has 0 radical (unpaired) electrons. The molecule has 17 heavy (non-hydrogen) atoms. The zero-order chi connectivity index (χ0) is 12.4. The highest BCUT2D eigenvalue weighted by molar-refractivity contribution is 7.15. The average Bonchev–Trinajstić information content (AvgIpc) is 2.56. The lowest BCUT2D eigenvalue weighted by molar-refractivity contribution is 0.228. The standard InChI is InChI=1S/C13H23N3S/c1-9(2)7-16-6-5-11-12(8-16)17-13(15-11)14-10(3)4/h9-10H,5-8H2,1-4H3,(H,14,15). The fourth-order valence-corrected chi connectivity index (χ4v) is 3.43. The van der Waals surface area contributed by atoms with Gasteiger partial charge < -0.3 is 5.32 Å². The Labute approximate surface area is 108 Å². The van der Waals surface area contributed by atoms with Crippen LogP contribution in [0.15, 0.2) is 0 Å². The highest BCUT2D eigenvalue weighted by Crippen LogP contribution is 2.28. The fourth-order valence-electron chi connectivity index (χ4n) is 2.23. The van der Waals surface area contributed by atoms with Gasteiger partial charge in [0.05, 0.1) is 5.69 Å². The van der Waals surface area contributed by atoms with Crippen LogP contribution >= 0.6 is 11.3 Å². The predicted octanol–water partition coefficient (Wildman–Crippen LogP) is 2.98. The molecule has 0 saturated heterocycles. The number of anilines is 1. The lowest BCUT2D eigenvalue weighted by Gasteiger charge is -2.27. The van der Waals surface area contributed by atoms with Crippen molar-refractivity contribution in [1.29, 1.82) is 0 Å². The minimum atomic E-state index is 0.467. The smallest absolute Gasteiger partial charge is 0.183 e. The number of nitrogens with zero attached hydrogens (tertiary/aromatic N) is 2. The molecule has 0 fully saturated rings. The normalized spacial score (nSPS) is 16.6. The third-order valence-corrected chi connectivity index (χ3v) is 3.86. The van der Waals surface area contributed by atoms with Crippen molar-refractivity contribution in [2.24, 2.45) is 5.92 Å². The van der Waals surface area contributed by atoms with E-state index in [-0.39, 0.29) is 0 Å². The van der Waals surface area contributed by atoms with E-state index < -0.39 is 0 Å². The first-order chi connectivity index (χ1) is 8.04. The summed E-state index contributed by atoms with van der Waals surface area (Å²) in [6, 6.07) is 0.467. The molecule has 0 amide bonds. The summed E-state index contributed by atoms with van der Waals surface area (Å²) in [5.74, 6) is 0.748. The van der Waals surface area contributed by atoms with Crippen LogP contribution in [0, 0.1) is 5.92 Å². The molecule has 2 heterocycles. The number of hydrogen-bond donors (Lipinski definition) is 1. The first-order valence-corrected chi connectivity index (χ1v) is 7.33. The summed E-state index contributed by atoms with van der Waals surface area (Å²) in [6.07, 6.45) is 1.11. The van der Waals surface area contributed by atoms with Gasteiger partial charge in [-0.15, -0.1) is 11.3 Å². The number of rotatable bonds is 4. The highest BCUT2D eigenvalue weighted by atomic mass is 32.1. The number of nitrogens with one attached hydrogen (secondary N) is 1. The Bertz CT molecular complexity index is 371. The van der Waals surface area contributed by atoms with Crippen LogP contribution in [-0.2, 0) is 13.0 Å². The number of fused-ring (bicyclic) bond motifs is 1. The van der Waals surface area contributed by atoms with E-state index in [1.807, 2.05) is 11.3 Å². The molecular weight excluding hydrogens is 230 g/mol. The minimum Gasteiger partial charge on any atom is -0.359 e. The van der Waals surface area contributed by atoms with Gasteiger partial charge in [0, 0.05) is 37.0 Å².